The molecule has 3 aromatic rings. The van der Waals surface area contributed by atoms with E-state index in [4.69, 9.17) is 34.3 Å². The number of carbonyl (C=O) groups excluding carboxylic acids is 1. The predicted octanol–water partition coefficient (Wildman–Crippen LogP) is 2.03. The highest BCUT2D eigenvalue weighted by Gasteiger charge is 2.23. The molecule has 10 nitrogen and oxygen atoms in total. The number of benzene rings is 2. The van der Waals surface area contributed by atoms with Gasteiger partial charge in [-0.05, 0) is 29.8 Å². The Morgan fingerprint density at radius 1 is 1.15 bits per heavy atom. The Labute approximate surface area is 199 Å². The van der Waals surface area contributed by atoms with Gasteiger partial charge in [-0.15, -0.1) is 5.10 Å². The summed E-state index contributed by atoms with van der Waals surface area (Å²) in [5, 5.41) is 30.3. The molecule has 3 rings (SSSR count). The van der Waals surface area contributed by atoms with Gasteiger partial charge in [0.25, 0.3) is 5.91 Å². The number of hydrogen-bond donors (Lipinski definition) is 5. The Morgan fingerprint density at radius 3 is 2.42 bits per heavy atom. The molecule has 0 bridgehead atoms. The van der Waals surface area contributed by atoms with Crippen LogP contribution in [-0.2, 0) is 17.6 Å². The molecule has 172 valence electrons. The van der Waals surface area contributed by atoms with Gasteiger partial charge in [-0.25, -0.2) is 9.48 Å². The fourth-order valence-corrected chi connectivity index (χ4v) is 3.60. The minimum atomic E-state index is -1.18. The topological polar surface area (TPSA) is 159 Å². The first-order valence-electron chi connectivity index (χ1n) is 9.80. The molecule has 0 saturated carbocycles. The van der Waals surface area contributed by atoms with Crippen LogP contribution in [0.1, 0.15) is 21.6 Å². The molecule has 0 aliphatic heterocycles. The van der Waals surface area contributed by atoms with E-state index in [1.54, 1.807) is 41.2 Å². The van der Waals surface area contributed by atoms with Gasteiger partial charge >= 0.3 is 5.97 Å². The lowest BCUT2D eigenvalue weighted by Gasteiger charge is -2.16. The summed E-state index contributed by atoms with van der Waals surface area (Å²) in [5.74, 6) is -1.96. The predicted molar refractivity (Wildman–Crippen MR) is 124 cm³/mol. The fourth-order valence-electron chi connectivity index (χ4n) is 3.03. The first-order chi connectivity index (χ1) is 15.7. The highest BCUT2D eigenvalue weighted by Crippen LogP contribution is 2.24. The summed E-state index contributed by atoms with van der Waals surface area (Å²) in [6, 6.07) is 10.5. The lowest BCUT2D eigenvalue weighted by molar-refractivity contribution is -0.139. The zero-order valence-corrected chi connectivity index (χ0v) is 18.8. The average Bonchev–Trinajstić information content (AvgIpc) is 3.22. The zero-order chi connectivity index (χ0) is 24.0. The summed E-state index contributed by atoms with van der Waals surface area (Å²) in [4.78, 5) is 24.3. The summed E-state index contributed by atoms with van der Waals surface area (Å²) in [6.07, 6.45) is 2.36. The highest BCUT2D eigenvalue weighted by atomic mass is 35.5. The number of rotatable bonds is 9. The smallest absolute Gasteiger partial charge is 0.326 e. The normalized spacial score (nSPS) is 11.6. The van der Waals surface area contributed by atoms with Gasteiger partial charge in [-0.3, -0.25) is 10.2 Å². The lowest BCUT2D eigenvalue weighted by atomic mass is 10.0. The maximum Gasteiger partial charge on any atom is 0.326 e. The highest BCUT2D eigenvalue weighted by molar-refractivity contribution is 6.39. The molecule has 0 saturated heterocycles. The number of nitrogens with zero attached hydrogens (tertiary/aromatic N) is 3. The minimum absolute atomic E-state index is 0.0305. The van der Waals surface area contributed by atoms with Crippen LogP contribution in [0.15, 0.2) is 48.7 Å². The molecule has 12 heteroatoms. The van der Waals surface area contributed by atoms with E-state index in [1.807, 2.05) is 0 Å². The van der Waals surface area contributed by atoms with Gasteiger partial charge in [-0.1, -0.05) is 46.6 Å². The van der Waals surface area contributed by atoms with Crippen LogP contribution in [0.5, 0.6) is 0 Å². The monoisotopic (exact) mass is 489 g/mol. The zero-order valence-electron chi connectivity index (χ0n) is 17.3. The first-order valence-corrected chi connectivity index (χ1v) is 10.6. The van der Waals surface area contributed by atoms with E-state index in [2.05, 4.69) is 20.9 Å². The third-order valence-electron chi connectivity index (χ3n) is 4.67. The third-order valence-corrected chi connectivity index (χ3v) is 5.30. The number of carbonyl (C=O) groups is 2. The minimum Gasteiger partial charge on any atom is -0.480 e. The maximum absolute atomic E-state index is 12.6. The summed E-state index contributed by atoms with van der Waals surface area (Å²) < 4.78 is 1.59. The van der Waals surface area contributed by atoms with Crippen molar-refractivity contribution in [2.75, 3.05) is 6.54 Å². The number of nitrogens with one attached hydrogen (secondary N) is 3. The van der Waals surface area contributed by atoms with Crippen LogP contribution in [0.4, 0.5) is 0 Å². The Morgan fingerprint density at radius 2 is 1.82 bits per heavy atom. The number of nitrogens with two attached hydrogens (primary N) is 1. The molecule has 0 radical (unpaired) electrons. The summed E-state index contributed by atoms with van der Waals surface area (Å²) >= 11 is 12.1. The van der Waals surface area contributed by atoms with Gasteiger partial charge in [0.05, 0.1) is 33.2 Å². The number of aliphatic carboxylic acids is 1. The molecule has 0 aliphatic carbocycles. The Hall–Kier alpha value is -3.63. The van der Waals surface area contributed by atoms with Crippen LogP contribution in [0.25, 0.3) is 5.69 Å². The second-order valence-electron chi connectivity index (χ2n) is 7.08. The van der Waals surface area contributed by atoms with E-state index in [1.165, 1.54) is 12.1 Å². The number of aromatic nitrogens is 3. The first kappa shape index (κ1) is 24.0. The standard InChI is InChI=1S/C21H21Cl2N7O3/c22-15-2-1-3-16(23)18(15)19(31)27-17(20(32)33)10-12-4-6-14(7-5-12)30-11-13(28-29-30)8-9-26-21(24)25/h1-7,11,17H,8-10H2,(H,27,31)(H,32,33)(H4,24,25,26)/t17-/m0/s1. The van der Waals surface area contributed by atoms with Crippen LogP contribution < -0.4 is 16.4 Å². The van der Waals surface area contributed by atoms with Crippen molar-refractivity contribution in [3.63, 3.8) is 0 Å². The van der Waals surface area contributed by atoms with E-state index in [0.717, 1.165) is 11.4 Å². The average molecular weight is 490 g/mol. The van der Waals surface area contributed by atoms with Crippen molar-refractivity contribution in [2.45, 2.75) is 18.9 Å². The Balaban J connectivity index is 1.66. The molecule has 0 fully saturated rings. The Bertz CT molecular complexity index is 1140. The Kier molecular flexibility index (Phi) is 7.86. The van der Waals surface area contributed by atoms with Crippen molar-refractivity contribution in [1.29, 1.82) is 5.41 Å². The molecule has 0 unspecified atom stereocenters. The van der Waals surface area contributed by atoms with E-state index >= 15 is 0 Å². The van der Waals surface area contributed by atoms with E-state index in [-0.39, 0.29) is 28.0 Å². The fraction of sp³-hybridized carbons (Fsp3) is 0.190. The van der Waals surface area contributed by atoms with Crippen molar-refractivity contribution in [2.24, 2.45) is 5.73 Å². The maximum atomic E-state index is 12.6. The quantitative estimate of drug-likeness (QED) is 0.227. The van der Waals surface area contributed by atoms with Gasteiger partial charge in [0.2, 0.25) is 0 Å². The lowest BCUT2D eigenvalue weighted by Crippen LogP contribution is -2.42. The van der Waals surface area contributed by atoms with Gasteiger partial charge in [0.15, 0.2) is 5.96 Å². The number of halogens is 2. The third kappa shape index (κ3) is 6.43. The molecule has 1 aromatic heterocycles. The molecule has 2 aromatic carbocycles. The summed E-state index contributed by atoms with van der Waals surface area (Å²) in [7, 11) is 0. The number of guanidine groups is 1. The van der Waals surface area contributed by atoms with Crippen LogP contribution in [-0.4, -0.2) is 50.5 Å². The van der Waals surface area contributed by atoms with Crippen molar-refractivity contribution in [3.05, 3.63) is 75.5 Å². The number of hydrogen-bond acceptors (Lipinski definition) is 5. The summed E-state index contributed by atoms with van der Waals surface area (Å²) in [5.41, 5.74) is 7.43. The van der Waals surface area contributed by atoms with Crippen LogP contribution >= 0.6 is 23.2 Å². The van der Waals surface area contributed by atoms with Gasteiger partial charge in [0, 0.05) is 19.4 Å². The number of carboxylic acids is 1. The molecule has 0 spiro atoms. The van der Waals surface area contributed by atoms with Crippen molar-refractivity contribution in [1.82, 2.24) is 25.6 Å². The van der Waals surface area contributed by atoms with E-state index < -0.39 is 17.9 Å². The van der Waals surface area contributed by atoms with Crippen molar-refractivity contribution in [3.8, 4) is 5.69 Å². The molecule has 1 amide bonds. The second-order valence-corrected chi connectivity index (χ2v) is 7.89. The second kappa shape index (κ2) is 10.8. The molecule has 0 aliphatic rings. The van der Waals surface area contributed by atoms with Crippen LogP contribution in [0.3, 0.4) is 0 Å². The molecular weight excluding hydrogens is 469 g/mol. The molecule has 1 atom stereocenters. The molecule has 33 heavy (non-hydrogen) atoms. The summed E-state index contributed by atoms with van der Waals surface area (Å²) in [6.45, 7) is 0.467. The van der Waals surface area contributed by atoms with Crippen molar-refractivity contribution < 1.29 is 14.7 Å². The van der Waals surface area contributed by atoms with Gasteiger partial charge < -0.3 is 21.5 Å². The SMILES string of the molecule is N=C(N)NCCc1cn(-c2ccc(C[C@H](NC(=O)c3c(Cl)cccc3Cl)C(=O)O)cc2)nn1. The molecule has 6 N–H and O–H groups in total. The van der Waals surface area contributed by atoms with Gasteiger partial charge in [0.1, 0.15) is 6.04 Å². The number of amides is 1. The molecular formula is C21H21Cl2N7O3. The number of carboxylic acid groups (broad SMARTS) is 1. The largest absolute Gasteiger partial charge is 0.480 e. The molecule has 1 heterocycles. The van der Waals surface area contributed by atoms with Crippen LogP contribution in [0.2, 0.25) is 10.0 Å². The van der Waals surface area contributed by atoms with Gasteiger partial charge in [-0.2, -0.15) is 0 Å². The van der Waals surface area contributed by atoms with E-state index in [9.17, 15) is 14.7 Å². The van der Waals surface area contributed by atoms with E-state index in [0.29, 0.717) is 18.5 Å². The van der Waals surface area contributed by atoms with Crippen molar-refractivity contribution >= 4 is 41.0 Å². The van der Waals surface area contributed by atoms with Crippen LogP contribution in [0, 0.1) is 5.41 Å².